The SMILES string of the molecule is CCOc1ccc([C@H]2C(C#N)=C(SCC(=O)Nc3ccccc3OC)NC(=O)[C@H]2C(=O)OC)cc1Cl. The Hall–Kier alpha value is -3.68. The third-order valence-electron chi connectivity index (χ3n) is 5.33. The van der Waals surface area contributed by atoms with Crippen molar-refractivity contribution in [3.63, 3.8) is 0 Å². The lowest BCUT2D eigenvalue weighted by Gasteiger charge is -2.31. The summed E-state index contributed by atoms with van der Waals surface area (Å²) in [6.45, 7) is 2.21. The standard InChI is InChI=1S/C25H24ClN3O6S/c1-4-35-18-10-9-14(11-16(18)26)21-15(12-27)24(29-23(31)22(21)25(32)34-3)36-13-20(30)28-17-7-5-6-8-19(17)33-2/h5-11,21-22H,4,13H2,1-3H3,(H,28,30)(H,29,31)/t21-,22-/m0/s1. The van der Waals surface area contributed by atoms with Crippen molar-refractivity contribution in [2.45, 2.75) is 12.8 Å². The molecule has 2 aromatic rings. The molecule has 0 spiro atoms. The van der Waals surface area contributed by atoms with Crippen molar-refractivity contribution < 1.29 is 28.6 Å². The van der Waals surface area contributed by atoms with Gasteiger partial charge in [0.05, 0.1) is 54.0 Å². The van der Waals surface area contributed by atoms with Crippen molar-refractivity contribution in [1.29, 1.82) is 5.26 Å². The Morgan fingerprint density at radius 1 is 1.19 bits per heavy atom. The molecule has 2 aromatic carbocycles. The number of amides is 2. The van der Waals surface area contributed by atoms with Crippen LogP contribution in [0.3, 0.4) is 0 Å². The van der Waals surface area contributed by atoms with Crippen LogP contribution in [0.1, 0.15) is 18.4 Å². The number of rotatable bonds is 9. The minimum atomic E-state index is -1.31. The maximum Gasteiger partial charge on any atom is 0.319 e. The number of halogens is 1. The van der Waals surface area contributed by atoms with Crippen molar-refractivity contribution in [3.8, 4) is 17.6 Å². The lowest BCUT2D eigenvalue weighted by atomic mass is 9.78. The molecule has 0 aromatic heterocycles. The van der Waals surface area contributed by atoms with Crippen LogP contribution >= 0.6 is 23.4 Å². The number of hydrogen-bond donors (Lipinski definition) is 2. The first kappa shape index (κ1) is 26.9. The quantitative estimate of drug-likeness (QED) is 0.370. The van der Waals surface area contributed by atoms with Gasteiger partial charge in [0.25, 0.3) is 0 Å². The van der Waals surface area contributed by atoms with Gasteiger partial charge in [-0.2, -0.15) is 5.26 Å². The van der Waals surface area contributed by atoms with Crippen LogP contribution in [0.15, 0.2) is 53.1 Å². The summed E-state index contributed by atoms with van der Waals surface area (Å²) in [4.78, 5) is 38.1. The van der Waals surface area contributed by atoms with Gasteiger partial charge < -0.3 is 24.8 Å². The molecule has 11 heteroatoms. The van der Waals surface area contributed by atoms with Crippen molar-refractivity contribution >= 4 is 46.8 Å². The lowest BCUT2D eigenvalue weighted by Crippen LogP contribution is -2.44. The van der Waals surface area contributed by atoms with E-state index in [0.29, 0.717) is 29.4 Å². The van der Waals surface area contributed by atoms with Crippen LogP contribution in [-0.4, -0.2) is 44.4 Å². The number of carbonyl (C=O) groups excluding carboxylic acids is 3. The van der Waals surface area contributed by atoms with Crippen LogP contribution in [0.4, 0.5) is 5.69 Å². The number of thioether (sulfide) groups is 1. The van der Waals surface area contributed by atoms with Crippen LogP contribution in [0.5, 0.6) is 11.5 Å². The number of nitriles is 1. The Balaban J connectivity index is 1.93. The van der Waals surface area contributed by atoms with Gasteiger partial charge in [0, 0.05) is 5.92 Å². The lowest BCUT2D eigenvalue weighted by molar-refractivity contribution is -0.150. The zero-order chi connectivity index (χ0) is 26.2. The smallest absolute Gasteiger partial charge is 0.319 e. The summed E-state index contributed by atoms with van der Waals surface area (Å²) in [5.41, 5.74) is 1.06. The molecule has 0 bridgehead atoms. The molecular formula is C25H24ClN3O6S. The van der Waals surface area contributed by atoms with Gasteiger partial charge in [0.15, 0.2) is 0 Å². The number of carbonyl (C=O) groups is 3. The molecule has 2 amide bonds. The highest BCUT2D eigenvalue weighted by molar-refractivity contribution is 8.03. The number of nitrogens with zero attached hydrogens (tertiary/aromatic N) is 1. The first-order chi connectivity index (χ1) is 17.3. The molecule has 3 rings (SSSR count). The molecule has 0 aliphatic carbocycles. The average Bonchev–Trinajstić information content (AvgIpc) is 2.88. The molecule has 0 saturated carbocycles. The second-order valence-electron chi connectivity index (χ2n) is 7.48. The third kappa shape index (κ3) is 5.93. The van der Waals surface area contributed by atoms with Crippen molar-refractivity contribution in [3.05, 3.63) is 63.7 Å². The van der Waals surface area contributed by atoms with Gasteiger partial charge in [-0.15, -0.1) is 0 Å². The second kappa shape index (κ2) is 12.3. The van der Waals surface area contributed by atoms with Gasteiger partial charge >= 0.3 is 5.97 Å². The zero-order valence-corrected chi connectivity index (χ0v) is 21.4. The van der Waals surface area contributed by atoms with Crippen LogP contribution < -0.4 is 20.1 Å². The zero-order valence-electron chi connectivity index (χ0n) is 19.8. The first-order valence-electron chi connectivity index (χ1n) is 10.8. The van der Waals surface area contributed by atoms with Crippen molar-refractivity contribution in [2.24, 2.45) is 5.92 Å². The van der Waals surface area contributed by atoms with E-state index in [4.69, 9.17) is 25.8 Å². The topological polar surface area (TPSA) is 127 Å². The van der Waals surface area contributed by atoms with Gasteiger partial charge in [-0.05, 0) is 36.8 Å². The molecular weight excluding hydrogens is 506 g/mol. The Kier molecular flexibility index (Phi) is 9.22. The predicted molar refractivity (Wildman–Crippen MR) is 136 cm³/mol. The van der Waals surface area contributed by atoms with E-state index in [0.717, 1.165) is 11.8 Å². The summed E-state index contributed by atoms with van der Waals surface area (Å²) >= 11 is 7.32. The third-order valence-corrected chi connectivity index (χ3v) is 6.64. The number of nitrogens with one attached hydrogen (secondary N) is 2. The molecule has 0 saturated heterocycles. The number of anilines is 1. The van der Waals surface area contributed by atoms with E-state index in [-0.39, 0.29) is 27.3 Å². The number of ether oxygens (including phenoxy) is 3. The predicted octanol–water partition coefficient (Wildman–Crippen LogP) is 3.86. The van der Waals surface area contributed by atoms with Crippen molar-refractivity contribution in [2.75, 3.05) is 31.9 Å². The molecule has 1 aliphatic rings. The number of hydrogen-bond acceptors (Lipinski definition) is 8. The highest BCUT2D eigenvalue weighted by Crippen LogP contribution is 2.42. The fourth-order valence-electron chi connectivity index (χ4n) is 3.73. The maximum absolute atomic E-state index is 13.0. The van der Waals surface area contributed by atoms with E-state index in [1.165, 1.54) is 14.2 Å². The Morgan fingerprint density at radius 3 is 2.58 bits per heavy atom. The molecule has 9 nitrogen and oxygen atoms in total. The Morgan fingerprint density at radius 2 is 1.94 bits per heavy atom. The fourth-order valence-corrected chi connectivity index (χ4v) is 4.83. The number of para-hydroxylation sites is 2. The Bertz CT molecular complexity index is 1240. The first-order valence-corrected chi connectivity index (χ1v) is 12.2. The summed E-state index contributed by atoms with van der Waals surface area (Å²) in [7, 11) is 2.66. The van der Waals surface area contributed by atoms with E-state index in [9.17, 15) is 19.6 Å². The van der Waals surface area contributed by atoms with Crippen LogP contribution in [-0.2, 0) is 19.1 Å². The number of benzene rings is 2. The molecule has 188 valence electrons. The summed E-state index contributed by atoms with van der Waals surface area (Å²) in [6, 6.07) is 13.8. The summed E-state index contributed by atoms with van der Waals surface area (Å²) in [6.07, 6.45) is 0. The molecule has 0 unspecified atom stereocenters. The Labute approximate surface area is 217 Å². The van der Waals surface area contributed by atoms with Gasteiger partial charge in [-0.1, -0.05) is 41.6 Å². The normalized spacial score (nSPS) is 17.0. The summed E-state index contributed by atoms with van der Waals surface area (Å²) in [5, 5.41) is 15.8. The molecule has 2 atom stereocenters. The monoisotopic (exact) mass is 529 g/mol. The van der Waals surface area contributed by atoms with E-state index < -0.39 is 23.7 Å². The number of esters is 1. The summed E-state index contributed by atoms with van der Waals surface area (Å²) in [5.74, 6) is -3.29. The fraction of sp³-hybridized carbons (Fsp3) is 0.280. The minimum Gasteiger partial charge on any atom is -0.495 e. The van der Waals surface area contributed by atoms with Crippen molar-refractivity contribution in [1.82, 2.24) is 5.32 Å². The summed E-state index contributed by atoms with van der Waals surface area (Å²) < 4.78 is 15.5. The second-order valence-corrected chi connectivity index (χ2v) is 8.88. The molecule has 1 heterocycles. The molecule has 36 heavy (non-hydrogen) atoms. The van der Waals surface area contributed by atoms with Crippen LogP contribution in [0.2, 0.25) is 5.02 Å². The van der Waals surface area contributed by atoms with Gasteiger partial charge in [0.1, 0.15) is 17.4 Å². The average molecular weight is 530 g/mol. The van der Waals surface area contributed by atoms with E-state index in [2.05, 4.69) is 16.7 Å². The molecule has 2 N–H and O–H groups in total. The maximum atomic E-state index is 13.0. The van der Waals surface area contributed by atoms with E-state index in [1.54, 1.807) is 42.5 Å². The number of allylic oxidation sites excluding steroid dienone is 1. The highest BCUT2D eigenvalue weighted by atomic mass is 35.5. The number of methoxy groups -OCH3 is 2. The molecule has 0 fully saturated rings. The highest BCUT2D eigenvalue weighted by Gasteiger charge is 2.44. The van der Waals surface area contributed by atoms with Crippen LogP contribution in [0.25, 0.3) is 0 Å². The largest absolute Gasteiger partial charge is 0.495 e. The van der Waals surface area contributed by atoms with E-state index in [1.807, 2.05) is 6.92 Å². The minimum absolute atomic E-state index is 0.111. The molecule has 0 radical (unpaired) electrons. The molecule has 1 aliphatic heterocycles. The van der Waals surface area contributed by atoms with Gasteiger partial charge in [-0.3, -0.25) is 14.4 Å². The van der Waals surface area contributed by atoms with Gasteiger partial charge in [0.2, 0.25) is 11.8 Å². The van der Waals surface area contributed by atoms with Crippen LogP contribution in [0, 0.1) is 17.2 Å². The van der Waals surface area contributed by atoms with Gasteiger partial charge in [-0.25, -0.2) is 0 Å². The van der Waals surface area contributed by atoms with E-state index >= 15 is 0 Å².